The number of hydrogen-bond acceptors (Lipinski definition) is 3. The van der Waals surface area contributed by atoms with Crippen LogP contribution in [-0.2, 0) is 0 Å². The molecule has 0 fully saturated rings. The number of rotatable bonds is 4. The molecule has 7 aromatic rings. The van der Waals surface area contributed by atoms with Crippen molar-refractivity contribution >= 4 is 28.0 Å². The molecule has 0 bridgehead atoms. The Bertz CT molecular complexity index is 1980. The first-order valence-electron chi connectivity index (χ1n) is 13.8. The lowest BCUT2D eigenvalue weighted by molar-refractivity contribution is 1.16. The van der Waals surface area contributed by atoms with E-state index >= 15 is 0 Å². The van der Waals surface area contributed by atoms with Crippen molar-refractivity contribution in [2.45, 2.75) is 0 Å². The van der Waals surface area contributed by atoms with Crippen molar-refractivity contribution in [2.75, 3.05) is 4.90 Å². The monoisotopic (exact) mass is 523 g/mol. The summed E-state index contributed by atoms with van der Waals surface area (Å²) >= 11 is 0. The fourth-order valence-electron chi connectivity index (χ4n) is 5.96. The molecule has 5 aromatic carbocycles. The maximum Gasteiger partial charge on any atom is 0.138 e. The third-order valence-corrected chi connectivity index (χ3v) is 7.85. The van der Waals surface area contributed by atoms with E-state index in [1.165, 1.54) is 27.5 Å². The van der Waals surface area contributed by atoms with Gasteiger partial charge in [-0.15, -0.1) is 0 Å². The molecule has 41 heavy (non-hydrogen) atoms. The Kier molecular flexibility index (Phi) is 5.46. The van der Waals surface area contributed by atoms with Crippen molar-refractivity contribution < 1.29 is 0 Å². The summed E-state index contributed by atoms with van der Waals surface area (Å²) in [6, 6.07) is 49.2. The second-order valence-electron chi connectivity index (χ2n) is 10.3. The zero-order chi connectivity index (χ0) is 27.2. The fraction of sp³-hybridized carbons (Fsp3) is 0. The van der Waals surface area contributed by atoms with E-state index in [2.05, 4.69) is 143 Å². The Morgan fingerprint density at radius 2 is 1.12 bits per heavy atom. The van der Waals surface area contributed by atoms with Crippen molar-refractivity contribution in [1.82, 2.24) is 9.97 Å². The highest BCUT2D eigenvalue weighted by atomic mass is 15.2. The molecule has 0 radical (unpaired) electrons. The predicted molar refractivity (Wildman–Crippen MR) is 170 cm³/mol. The molecule has 0 N–H and O–H groups in total. The Morgan fingerprint density at radius 3 is 1.83 bits per heavy atom. The molecule has 0 saturated heterocycles. The van der Waals surface area contributed by atoms with Gasteiger partial charge in [-0.25, -0.2) is 4.98 Å². The van der Waals surface area contributed by atoms with Gasteiger partial charge in [0.2, 0.25) is 0 Å². The first kappa shape index (κ1) is 23.4. The number of fused-ring (bicyclic) bond motifs is 2. The molecule has 192 valence electrons. The van der Waals surface area contributed by atoms with Gasteiger partial charge in [-0.05, 0) is 69.6 Å². The minimum atomic E-state index is 0.866. The molecule has 3 heterocycles. The standard InChI is InChI=1S/C38H25N3/c1-4-11-26(12-5-1)30-21-29-17-10-18-35-38(29)33(22-30)32-19-20-39-25-36(32)41(35)37-24-31(27-13-6-2-7-14-27)23-34(40-37)28-15-8-3-9-16-28/h1-25H. The second-order valence-corrected chi connectivity index (χ2v) is 10.3. The number of pyridine rings is 2. The molecule has 3 heteroatoms. The lowest BCUT2D eigenvalue weighted by Gasteiger charge is -2.33. The van der Waals surface area contributed by atoms with Crippen molar-refractivity contribution in [3.63, 3.8) is 0 Å². The van der Waals surface area contributed by atoms with Crippen LogP contribution in [0.4, 0.5) is 17.2 Å². The van der Waals surface area contributed by atoms with Gasteiger partial charge < -0.3 is 0 Å². The van der Waals surface area contributed by atoms with E-state index in [4.69, 9.17) is 4.98 Å². The van der Waals surface area contributed by atoms with Gasteiger partial charge in [0, 0.05) is 22.7 Å². The van der Waals surface area contributed by atoms with Crippen LogP contribution in [0.2, 0.25) is 0 Å². The summed E-state index contributed by atoms with van der Waals surface area (Å²) in [4.78, 5) is 12.1. The molecule has 0 saturated carbocycles. The van der Waals surface area contributed by atoms with E-state index in [-0.39, 0.29) is 0 Å². The fourth-order valence-corrected chi connectivity index (χ4v) is 5.96. The molecule has 1 aliphatic rings. The van der Waals surface area contributed by atoms with Crippen LogP contribution in [0, 0.1) is 0 Å². The van der Waals surface area contributed by atoms with E-state index in [1.807, 2.05) is 18.5 Å². The molecular formula is C38H25N3. The van der Waals surface area contributed by atoms with Gasteiger partial charge >= 0.3 is 0 Å². The molecule has 8 rings (SSSR count). The largest absolute Gasteiger partial charge is 0.292 e. The van der Waals surface area contributed by atoms with Gasteiger partial charge in [0.1, 0.15) is 5.82 Å². The molecule has 0 atom stereocenters. The summed E-state index contributed by atoms with van der Waals surface area (Å²) in [5.41, 5.74) is 11.2. The van der Waals surface area contributed by atoms with E-state index in [0.29, 0.717) is 0 Å². The van der Waals surface area contributed by atoms with Crippen molar-refractivity contribution in [3.05, 3.63) is 152 Å². The van der Waals surface area contributed by atoms with Crippen molar-refractivity contribution in [3.8, 4) is 44.6 Å². The zero-order valence-electron chi connectivity index (χ0n) is 22.3. The minimum absolute atomic E-state index is 0.866. The molecule has 1 aliphatic heterocycles. The normalized spacial score (nSPS) is 11.9. The van der Waals surface area contributed by atoms with Gasteiger partial charge in [-0.3, -0.25) is 9.88 Å². The Morgan fingerprint density at radius 1 is 0.463 bits per heavy atom. The SMILES string of the molecule is c1ccc(-c2cc(-c3ccccc3)nc(N3c4cnccc4-c4cc(-c5ccccc5)cc5cccc3c45)c2)cc1. The van der Waals surface area contributed by atoms with Crippen LogP contribution < -0.4 is 4.90 Å². The smallest absolute Gasteiger partial charge is 0.138 e. The summed E-state index contributed by atoms with van der Waals surface area (Å²) in [6.07, 6.45) is 3.85. The molecule has 2 aromatic heterocycles. The first-order valence-corrected chi connectivity index (χ1v) is 13.8. The van der Waals surface area contributed by atoms with E-state index in [0.717, 1.165) is 45.1 Å². The Hall–Kier alpha value is -5.54. The van der Waals surface area contributed by atoms with E-state index < -0.39 is 0 Å². The third kappa shape index (κ3) is 3.98. The summed E-state index contributed by atoms with van der Waals surface area (Å²) in [5.74, 6) is 0.866. The predicted octanol–water partition coefficient (Wildman–Crippen LogP) is 10.1. The van der Waals surface area contributed by atoms with Crippen LogP contribution in [0.5, 0.6) is 0 Å². The van der Waals surface area contributed by atoms with Crippen LogP contribution in [0.3, 0.4) is 0 Å². The number of benzene rings is 5. The van der Waals surface area contributed by atoms with Gasteiger partial charge in [0.15, 0.2) is 0 Å². The third-order valence-electron chi connectivity index (χ3n) is 7.85. The van der Waals surface area contributed by atoms with Crippen molar-refractivity contribution in [2.24, 2.45) is 0 Å². The second kappa shape index (κ2) is 9.58. The lowest BCUT2D eigenvalue weighted by atomic mass is 9.88. The maximum atomic E-state index is 5.27. The Balaban J connectivity index is 1.41. The highest BCUT2D eigenvalue weighted by Crippen LogP contribution is 2.51. The summed E-state index contributed by atoms with van der Waals surface area (Å²) in [6.45, 7) is 0. The van der Waals surface area contributed by atoms with E-state index in [1.54, 1.807) is 0 Å². The van der Waals surface area contributed by atoms with Crippen LogP contribution in [0.25, 0.3) is 55.4 Å². The van der Waals surface area contributed by atoms with Gasteiger partial charge in [-0.1, -0.05) is 103 Å². The van der Waals surface area contributed by atoms with Crippen LogP contribution >= 0.6 is 0 Å². The van der Waals surface area contributed by atoms with Gasteiger partial charge in [0.05, 0.1) is 23.3 Å². The lowest BCUT2D eigenvalue weighted by Crippen LogP contribution is -2.17. The summed E-state index contributed by atoms with van der Waals surface area (Å²) < 4.78 is 0. The number of nitrogens with zero attached hydrogens (tertiary/aromatic N) is 3. The number of anilines is 3. The molecule has 0 amide bonds. The highest BCUT2D eigenvalue weighted by Gasteiger charge is 2.28. The molecular weight excluding hydrogens is 498 g/mol. The van der Waals surface area contributed by atoms with Gasteiger partial charge in [0.25, 0.3) is 0 Å². The number of hydrogen-bond donors (Lipinski definition) is 0. The number of aromatic nitrogens is 2. The van der Waals surface area contributed by atoms with Gasteiger partial charge in [-0.2, -0.15) is 0 Å². The molecule has 0 aliphatic carbocycles. The summed E-state index contributed by atoms with van der Waals surface area (Å²) in [5, 5.41) is 2.42. The molecule has 3 nitrogen and oxygen atoms in total. The first-order chi connectivity index (χ1) is 20.3. The average Bonchev–Trinajstić information content (AvgIpc) is 3.06. The quantitative estimate of drug-likeness (QED) is 0.230. The van der Waals surface area contributed by atoms with Crippen molar-refractivity contribution in [1.29, 1.82) is 0 Å². The van der Waals surface area contributed by atoms with Crippen LogP contribution in [0.15, 0.2) is 152 Å². The topological polar surface area (TPSA) is 29.0 Å². The molecule has 0 spiro atoms. The van der Waals surface area contributed by atoms with Crippen LogP contribution in [0.1, 0.15) is 0 Å². The average molecular weight is 524 g/mol. The zero-order valence-corrected chi connectivity index (χ0v) is 22.3. The minimum Gasteiger partial charge on any atom is -0.292 e. The highest BCUT2D eigenvalue weighted by molar-refractivity contribution is 6.14. The van der Waals surface area contributed by atoms with Crippen LogP contribution in [-0.4, -0.2) is 9.97 Å². The maximum absolute atomic E-state index is 5.27. The Labute approximate surface area is 239 Å². The molecule has 0 unspecified atom stereocenters. The summed E-state index contributed by atoms with van der Waals surface area (Å²) in [7, 11) is 0. The van der Waals surface area contributed by atoms with E-state index in [9.17, 15) is 0 Å².